The Bertz CT molecular complexity index is 2100. The number of benzene rings is 2. The molecule has 5 aliphatic rings. The fraction of sp³-hybridized carbons (Fsp3) is 0.727. The molecule has 1 spiro atoms. The fourth-order valence-corrected chi connectivity index (χ4v) is 11.9. The molecule has 2 bridgehead atoms. The van der Waals surface area contributed by atoms with Crippen LogP contribution in [-0.2, 0) is 61.6 Å². The van der Waals surface area contributed by atoms with Crippen LogP contribution in [-0.4, -0.2) is 154 Å². The van der Waals surface area contributed by atoms with Gasteiger partial charge in [-0.3, -0.25) is 4.79 Å². The van der Waals surface area contributed by atoms with E-state index in [0.29, 0.717) is 37.0 Å². The van der Waals surface area contributed by atoms with Crippen molar-refractivity contribution in [2.45, 2.75) is 198 Å². The first-order chi connectivity index (χ1) is 33.5. The SMILES string of the molecule is CC[C@H]1OC(=O)[C@H](C)[C@@H](OC2C[C@@](C)(OC)[C@@H](OC(=O)c3ccccc3)[C@H](C)O2)[C@H](C)[C@@H](OC2O[C@H](C)C[C@H](N(C)C)[C@H]2OC(=O)c2ccccc2)[C@](C)(OC)C[C@@H](C)[C@@H]2OC(C)(C)O[C@H]([C@H]2C)[C@@]12CO2. The maximum atomic E-state index is 15.0. The van der Waals surface area contributed by atoms with Gasteiger partial charge in [-0.25, -0.2) is 9.59 Å². The molecule has 19 atom stereocenters. The van der Waals surface area contributed by atoms with Crippen LogP contribution in [0.15, 0.2) is 60.7 Å². The number of fused-ring (bicyclic) bond motifs is 3. The second-order valence-electron chi connectivity index (χ2n) is 22.0. The molecule has 7 rings (SSSR count). The topological polar surface area (TPSA) is 169 Å². The molecule has 5 saturated heterocycles. The summed E-state index contributed by atoms with van der Waals surface area (Å²) in [6, 6.07) is 17.3. The predicted octanol–water partition coefficient (Wildman–Crippen LogP) is 7.78. The highest BCUT2D eigenvalue weighted by Crippen LogP contribution is 2.51. The smallest absolute Gasteiger partial charge is 0.338 e. The third kappa shape index (κ3) is 11.7. The van der Waals surface area contributed by atoms with Gasteiger partial charge in [-0.15, -0.1) is 0 Å². The fourth-order valence-electron chi connectivity index (χ4n) is 11.9. The van der Waals surface area contributed by atoms with E-state index in [-0.39, 0.29) is 36.5 Å². The number of hydrogen-bond acceptors (Lipinski definition) is 16. The van der Waals surface area contributed by atoms with Crippen LogP contribution >= 0.6 is 0 Å². The summed E-state index contributed by atoms with van der Waals surface area (Å²) in [6.07, 6.45) is -6.60. The van der Waals surface area contributed by atoms with Crippen LogP contribution in [0, 0.1) is 23.7 Å². The van der Waals surface area contributed by atoms with Gasteiger partial charge in [0.2, 0.25) is 0 Å². The summed E-state index contributed by atoms with van der Waals surface area (Å²) in [6.45, 7) is 21.8. The number of esters is 3. The number of rotatable bonds is 12. The van der Waals surface area contributed by atoms with E-state index >= 15 is 4.79 Å². The van der Waals surface area contributed by atoms with Crippen molar-refractivity contribution in [1.29, 1.82) is 0 Å². The van der Waals surface area contributed by atoms with Gasteiger partial charge in [0.05, 0.1) is 65.8 Å². The highest BCUT2D eigenvalue weighted by molar-refractivity contribution is 5.90. The Morgan fingerprint density at radius 2 is 1.31 bits per heavy atom. The molecule has 5 heterocycles. The minimum Gasteiger partial charge on any atom is -0.459 e. The molecule has 16 nitrogen and oxygen atoms in total. The molecule has 396 valence electrons. The van der Waals surface area contributed by atoms with Gasteiger partial charge in [0.15, 0.2) is 36.2 Å². The molecule has 0 aliphatic carbocycles. The third-order valence-electron chi connectivity index (χ3n) is 15.9. The molecule has 0 radical (unpaired) electrons. The van der Waals surface area contributed by atoms with E-state index in [9.17, 15) is 9.59 Å². The Labute approximate surface area is 421 Å². The summed E-state index contributed by atoms with van der Waals surface area (Å²) < 4.78 is 79.9. The minimum atomic E-state index is -1.14. The lowest BCUT2D eigenvalue weighted by Gasteiger charge is -2.52. The quantitative estimate of drug-likeness (QED) is 0.115. The largest absolute Gasteiger partial charge is 0.459 e. The van der Waals surface area contributed by atoms with Crippen LogP contribution in [0.25, 0.3) is 0 Å². The summed E-state index contributed by atoms with van der Waals surface area (Å²) in [5.74, 6) is -4.52. The van der Waals surface area contributed by atoms with Gasteiger partial charge in [-0.2, -0.15) is 0 Å². The van der Waals surface area contributed by atoms with Crippen molar-refractivity contribution in [2.75, 3.05) is 34.9 Å². The van der Waals surface area contributed by atoms with Crippen molar-refractivity contribution >= 4 is 17.9 Å². The van der Waals surface area contributed by atoms with E-state index in [4.69, 9.17) is 56.8 Å². The van der Waals surface area contributed by atoms with Crippen LogP contribution in [0.1, 0.15) is 123 Å². The minimum absolute atomic E-state index is 0.126. The van der Waals surface area contributed by atoms with Gasteiger partial charge in [0.25, 0.3) is 0 Å². The molecule has 0 amide bonds. The maximum absolute atomic E-state index is 15.0. The summed E-state index contributed by atoms with van der Waals surface area (Å²) >= 11 is 0. The first-order valence-corrected chi connectivity index (χ1v) is 25.6. The molecule has 0 saturated carbocycles. The average Bonchev–Trinajstić information content (AvgIpc) is 4.15. The Morgan fingerprint density at radius 3 is 1.86 bits per heavy atom. The molecular weight excluding hydrogens is 915 g/mol. The first-order valence-electron chi connectivity index (χ1n) is 25.6. The normalized spacial score (nSPS) is 41.9. The zero-order chi connectivity index (χ0) is 51.8. The lowest BCUT2D eigenvalue weighted by molar-refractivity contribution is -0.345. The lowest BCUT2D eigenvalue weighted by Crippen LogP contribution is -2.63. The molecule has 16 heteroatoms. The number of epoxide rings is 1. The number of carbonyl (C=O) groups excluding carboxylic acids is 3. The van der Waals surface area contributed by atoms with E-state index in [2.05, 4.69) is 13.8 Å². The number of methoxy groups -OCH3 is 2. The van der Waals surface area contributed by atoms with E-state index in [1.807, 2.05) is 86.5 Å². The summed E-state index contributed by atoms with van der Waals surface area (Å²) in [5.41, 5.74) is -2.33. The first kappa shape index (κ1) is 55.2. The second-order valence-corrected chi connectivity index (χ2v) is 22.0. The number of likely N-dealkylation sites (N-methyl/N-ethyl adjacent to an activating group) is 1. The maximum Gasteiger partial charge on any atom is 0.338 e. The molecule has 2 unspecified atom stereocenters. The highest BCUT2D eigenvalue weighted by Gasteiger charge is 2.65. The van der Waals surface area contributed by atoms with Crippen LogP contribution in [0.4, 0.5) is 0 Å². The Morgan fingerprint density at radius 1 is 0.732 bits per heavy atom. The third-order valence-corrected chi connectivity index (χ3v) is 15.9. The summed E-state index contributed by atoms with van der Waals surface area (Å²) in [5, 5.41) is 0. The van der Waals surface area contributed by atoms with Crippen molar-refractivity contribution in [1.82, 2.24) is 4.90 Å². The summed E-state index contributed by atoms with van der Waals surface area (Å²) in [7, 11) is 7.11. The summed E-state index contributed by atoms with van der Waals surface area (Å²) in [4.78, 5) is 44.5. The number of cyclic esters (lactones) is 1. The average molecular weight is 996 g/mol. The van der Waals surface area contributed by atoms with Gasteiger partial charge in [0.1, 0.15) is 17.8 Å². The van der Waals surface area contributed by atoms with Crippen molar-refractivity contribution < 1.29 is 71.2 Å². The van der Waals surface area contributed by atoms with Gasteiger partial charge in [-0.05, 0) is 112 Å². The molecule has 2 aromatic carbocycles. The monoisotopic (exact) mass is 996 g/mol. The van der Waals surface area contributed by atoms with Crippen LogP contribution in [0.5, 0.6) is 0 Å². The number of nitrogens with zero attached hydrogens (tertiary/aromatic N) is 1. The zero-order valence-corrected chi connectivity index (χ0v) is 44.6. The Kier molecular flexibility index (Phi) is 17.2. The van der Waals surface area contributed by atoms with Crippen LogP contribution < -0.4 is 0 Å². The molecule has 0 aromatic heterocycles. The standard InChI is InChI=1S/C55H81NO15/c1-16-40-55(30-62-55)46-33(4)42(70-52(8,9)71-46)31(2)28-53(10,60-14)45(69-51-44(39(56(12)13)27-32(3)63-51)67-49(58)37-23-19-17-20-24-37)34(5)43(35(6)48(57)65-40)66-41-29-54(11,61-15)47(36(7)64-41)68-50(59)38-25-21-18-22-26-38/h17-26,31-36,39-47,51H,16,27-30H2,1-15H3/t31-,32-,33+,34+,35-,36+,39+,40-,41?,42+,43+,44-,45-,46-,47+,51?,53-,54-,55-/m1/s1. The number of carbonyl (C=O) groups is 3. The molecule has 5 fully saturated rings. The number of ether oxygens (including phenoxy) is 12. The van der Waals surface area contributed by atoms with E-state index in [1.54, 1.807) is 69.7 Å². The van der Waals surface area contributed by atoms with Crippen molar-refractivity contribution in [3.8, 4) is 0 Å². The van der Waals surface area contributed by atoms with Gasteiger partial charge in [-0.1, -0.05) is 64.1 Å². The van der Waals surface area contributed by atoms with E-state index < -0.39 is 108 Å². The lowest BCUT2D eigenvalue weighted by atomic mass is 9.73. The zero-order valence-electron chi connectivity index (χ0n) is 44.6. The van der Waals surface area contributed by atoms with Gasteiger partial charge in [0, 0.05) is 32.5 Å². The van der Waals surface area contributed by atoms with Crippen molar-refractivity contribution in [2.24, 2.45) is 23.7 Å². The van der Waals surface area contributed by atoms with Gasteiger partial charge < -0.3 is 61.7 Å². The van der Waals surface area contributed by atoms with Crippen molar-refractivity contribution in [3.05, 3.63) is 71.8 Å². The van der Waals surface area contributed by atoms with Crippen LogP contribution in [0.2, 0.25) is 0 Å². The predicted molar refractivity (Wildman–Crippen MR) is 261 cm³/mol. The highest BCUT2D eigenvalue weighted by atomic mass is 16.7. The molecule has 71 heavy (non-hydrogen) atoms. The van der Waals surface area contributed by atoms with Crippen LogP contribution in [0.3, 0.4) is 0 Å². The number of hydrogen-bond donors (Lipinski definition) is 0. The van der Waals surface area contributed by atoms with E-state index in [1.165, 1.54) is 0 Å². The molecule has 0 N–H and O–H groups in total. The Hall–Kier alpha value is -3.55. The Balaban J connectivity index is 1.31. The van der Waals surface area contributed by atoms with Crippen molar-refractivity contribution in [3.63, 3.8) is 0 Å². The molecular formula is C55H81NO15. The molecule has 2 aromatic rings. The second kappa shape index (κ2) is 22.1. The van der Waals surface area contributed by atoms with Gasteiger partial charge >= 0.3 is 17.9 Å². The van der Waals surface area contributed by atoms with E-state index in [0.717, 1.165) is 0 Å². The molecule has 5 aliphatic heterocycles.